The molecule has 5 nitrogen and oxygen atoms in total. The quantitative estimate of drug-likeness (QED) is 0.840. The van der Waals surface area contributed by atoms with Gasteiger partial charge in [-0.1, -0.05) is 12.1 Å². The third-order valence-electron chi connectivity index (χ3n) is 4.26. The van der Waals surface area contributed by atoms with Crippen molar-refractivity contribution in [2.24, 2.45) is 0 Å². The van der Waals surface area contributed by atoms with Crippen molar-refractivity contribution in [1.29, 1.82) is 0 Å². The molecule has 1 aromatic rings. The molecule has 2 aliphatic rings. The van der Waals surface area contributed by atoms with E-state index in [-0.39, 0.29) is 17.6 Å². The first kappa shape index (κ1) is 13.0. The van der Waals surface area contributed by atoms with E-state index in [2.05, 4.69) is 10.1 Å². The maximum atomic E-state index is 11.4. The van der Waals surface area contributed by atoms with Gasteiger partial charge in [0.25, 0.3) is 0 Å². The Kier molecular flexibility index (Phi) is 3.12. The largest absolute Gasteiger partial charge is 0.465 e. The van der Waals surface area contributed by atoms with E-state index < -0.39 is 0 Å². The molecule has 1 N–H and O–H groups in total. The molecule has 2 atom stereocenters. The number of cyclic esters (lactones) is 1. The smallest absolute Gasteiger partial charge is 0.407 e. The minimum absolute atomic E-state index is 0.192. The summed E-state index contributed by atoms with van der Waals surface area (Å²) in [5.74, 6) is 0.0691. The number of hydrogen-bond donors (Lipinski definition) is 1. The molecule has 2 fully saturated rings. The molecule has 1 saturated carbocycles. The van der Waals surface area contributed by atoms with Crippen LogP contribution in [0.1, 0.15) is 41.1 Å². The fourth-order valence-corrected chi connectivity index (χ4v) is 3.16. The standard InChI is InChI=1S/C15H17NO4/c1-19-13(17)11-4-2-10(3-5-11)12-6-7-15(8-12)9-20-14(18)16-15/h2-5,12H,6-9H2,1H3,(H,16,18)/t12-,15+/m0/s1. The second-order valence-corrected chi connectivity index (χ2v) is 5.53. The van der Waals surface area contributed by atoms with E-state index >= 15 is 0 Å². The highest BCUT2D eigenvalue weighted by atomic mass is 16.6. The predicted octanol–water partition coefficient (Wildman–Crippen LogP) is 2.22. The summed E-state index contributed by atoms with van der Waals surface area (Å²) in [4.78, 5) is 22.6. The van der Waals surface area contributed by atoms with Crippen molar-refractivity contribution >= 4 is 12.1 Å². The van der Waals surface area contributed by atoms with Gasteiger partial charge in [0.15, 0.2) is 0 Å². The number of amides is 1. The van der Waals surface area contributed by atoms with Crippen LogP contribution in [0.15, 0.2) is 24.3 Å². The van der Waals surface area contributed by atoms with Crippen molar-refractivity contribution in [3.8, 4) is 0 Å². The highest BCUT2D eigenvalue weighted by Gasteiger charge is 2.45. The fourth-order valence-electron chi connectivity index (χ4n) is 3.16. The first-order valence-electron chi connectivity index (χ1n) is 6.75. The van der Waals surface area contributed by atoms with E-state index in [0.717, 1.165) is 19.3 Å². The van der Waals surface area contributed by atoms with E-state index in [9.17, 15) is 9.59 Å². The van der Waals surface area contributed by atoms with Gasteiger partial charge in [0.05, 0.1) is 18.2 Å². The molecule has 0 unspecified atom stereocenters. The highest BCUT2D eigenvalue weighted by molar-refractivity contribution is 5.89. The Hall–Kier alpha value is -2.04. The summed E-state index contributed by atoms with van der Waals surface area (Å²) in [6, 6.07) is 7.51. The van der Waals surface area contributed by atoms with Crippen LogP contribution in [0.4, 0.5) is 4.79 Å². The zero-order valence-electron chi connectivity index (χ0n) is 11.3. The monoisotopic (exact) mass is 275 g/mol. The van der Waals surface area contributed by atoms with Gasteiger partial charge in [0.2, 0.25) is 0 Å². The molecule has 1 aliphatic carbocycles. The summed E-state index contributed by atoms with van der Waals surface area (Å²) in [6.07, 6.45) is 2.52. The number of methoxy groups -OCH3 is 1. The average Bonchev–Trinajstić information content (AvgIpc) is 3.05. The van der Waals surface area contributed by atoms with Crippen molar-refractivity contribution in [2.45, 2.75) is 30.7 Å². The number of benzene rings is 1. The van der Waals surface area contributed by atoms with E-state index in [1.807, 2.05) is 12.1 Å². The molecule has 1 spiro atoms. The first-order chi connectivity index (χ1) is 9.62. The second-order valence-electron chi connectivity index (χ2n) is 5.53. The normalized spacial score (nSPS) is 28.2. The lowest BCUT2D eigenvalue weighted by atomic mass is 9.93. The molecular weight excluding hydrogens is 258 g/mol. The summed E-state index contributed by atoms with van der Waals surface area (Å²) >= 11 is 0. The van der Waals surface area contributed by atoms with Crippen molar-refractivity contribution in [3.63, 3.8) is 0 Å². The van der Waals surface area contributed by atoms with Gasteiger partial charge < -0.3 is 14.8 Å². The molecule has 106 valence electrons. The molecular formula is C15H17NO4. The number of hydrogen-bond acceptors (Lipinski definition) is 4. The number of esters is 1. The SMILES string of the molecule is COC(=O)c1ccc([C@H]2CC[C@]3(COC(=O)N3)C2)cc1. The number of ether oxygens (including phenoxy) is 2. The Bertz CT molecular complexity index is 539. The Morgan fingerprint density at radius 3 is 2.75 bits per heavy atom. The van der Waals surface area contributed by atoms with E-state index in [1.54, 1.807) is 12.1 Å². The third-order valence-corrected chi connectivity index (χ3v) is 4.26. The van der Waals surface area contributed by atoms with Gasteiger partial charge in [0.1, 0.15) is 6.61 Å². The zero-order chi connectivity index (χ0) is 14.2. The molecule has 1 amide bonds. The highest BCUT2D eigenvalue weighted by Crippen LogP contribution is 2.42. The Morgan fingerprint density at radius 2 is 2.15 bits per heavy atom. The van der Waals surface area contributed by atoms with Crippen molar-refractivity contribution in [2.75, 3.05) is 13.7 Å². The predicted molar refractivity (Wildman–Crippen MR) is 71.6 cm³/mol. The van der Waals surface area contributed by atoms with Gasteiger partial charge in [-0.2, -0.15) is 0 Å². The van der Waals surface area contributed by atoms with Crippen molar-refractivity contribution in [3.05, 3.63) is 35.4 Å². The molecule has 5 heteroatoms. The zero-order valence-corrected chi connectivity index (χ0v) is 11.3. The van der Waals surface area contributed by atoms with Crippen molar-refractivity contribution < 1.29 is 19.1 Å². The van der Waals surface area contributed by atoms with Crippen LogP contribution >= 0.6 is 0 Å². The molecule has 0 bridgehead atoms. The number of carbonyl (C=O) groups excluding carboxylic acids is 2. The van der Waals surface area contributed by atoms with Crippen LogP contribution in [-0.2, 0) is 9.47 Å². The van der Waals surface area contributed by atoms with Crippen LogP contribution < -0.4 is 5.32 Å². The van der Waals surface area contributed by atoms with Gasteiger partial charge in [-0.15, -0.1) is 0 Å². The Balaban J connectivity index is 1.72. The van der Waals surface area contributed by atoms with Gasteiger partial charge in [-0.25, -0.2) is 9.59 Å². The summed E-state index contributed by atoms with van der Waals surface area (Å²) in [7, 11) is 1.37. The molecule has 0 aromatic heterocycles. The summed E-state index contributed by atoms with van der Waals surface area (Å²) in [5, 5.41) is 2.93. The van der Waals surface area contributed by atoms with Crippen LogP contribution in [0.25, 0.3) is 0 Å². The lowest BCUT2D eigenvalue weighted by Gasteiger charge is -2.20. The molecule has 1 heterocycles. The Morgan fingerprint density at radius 1 is 1.40 bits per heavy atom. The summed E-state index contributed by atoms with van der Waals surface area (Å²) in [6.45, 7) is 0.461. The lowest BCUT2D eigenvalue weighted by Crippen LogP contribution is -2.40. The summed E-state index contributed by atoms with van der Waals surface area (Å²) < 4.78 is 9.72. The third kappa shape index (κ3) is 2.24. The minimum atomic E-state index is -0.323. The van der Waals surface area contributed by atoms with Gasteiger partial charge in [-0.3, -0.25) is 0 Å². The lowest BCUT2D eigenvalue weighted by molar-refractivity contribution is 0.0600. The minimum Gasteiger partial charge on any atom is -0.465 e. The fraction of sp³-hybridized carbons (Fsp3) is 0.467. The van der Waals surface area contributed by atoms with Crippen LogP contribution in [0.5, 0.6) is 0 Å². The van der Waals surface area contributed by atoms with Crippen LogP contribution in [0.3, 0.4) is 0 Å². The first-order valence-corrected chi connectivity index (χ1v) is 6.75. The number of alkyl carbamates (subject to hydrolysis) is 1. The number of carbonyl (C=O) groups is 2. The van der Waals surface area contributed by atoms with Crippen LogP contribution in [0, 0.1) is 0 Å². The molecule has 3 rings (SSSR count). The molecule has 1 aromatic carbocycles. The van der Waals surface area contributed by atoms with Crippen LogP contribution in [-0.4, -0.2) is 31.3 Å². The molecule has 20 heavy (non-hydrogen) atoms. The van der Waals surface area contributed by atoms with Crippen molar-refractivity contribution in [1.82, 2.24) is 5.32 Å². The van der Waals surface area contributed by atoms with Gasteiger partial charge in [-0.05, 0) is 42.9 Å². The Labute approximate surface area is 117 Å². The van der Waals surface area contributed by atoms with Gasteiger partial charge in [0, 0.05) is 0 Å². The molecule has 1 aliphatic heterocycles. The maximum absolute atomic E-state index is 11.4. The average molecular weight is 275 g/mol. The van der Waals surface area contributed by atoms with Gasteiger partial charge >= 0.3 is 12.1 Å². The topological polar surface area (TPSA) is 64.6 Å². The number of nitrogens with one attached hydrogen (secondary N) is 1. The molecule has 0 radical (unpaired) electrons. The second kappa shape index (κ2) is 4.81. The van der Waals surface area contributed by atoms with E-state index in [4.69, 9.17) is 4.74 Å². The van der Waals surface area contributed by atoms with E-state index in [1.165, 1.54) is 12.7 Å². The maximum Gasteiger partial charge on any atom is 0.407 e. The van der Waals surface area contributed by atoms with E-state index in [0.29, 0.717) is 18.1 Å². The molecule has 1 saturated heterocycles. The number of rotatable bonds is 2. The van der Waals surface area contributed by atoms with Crippen LogP contribution in [0.2, 0.25) is 0 Å². The summed E-state index contributed by atoms with van der Waals surface area (Å²) in [5.41, 5.74) is 1.56.